The Bertz CT molecular complexity index is 1460. The lowest BCUT2D eigenvalue weighted by molar-refractivity contribution is -0.0226. The molecule has 216 valence electrons. The zero-order valence-electron chi connectivity index (χ0n) is 23.2. The Kier molecular flexibility index (Phi) is 8.34. The maximum atomic E-state index is 14.9. The van der Waals surface area contributed by atoms with Gasteiger partial charge in [0.2, 0.25) is 5.95 Å². The van der Waals surface area contributed by atoms with Crippen LogP contribution in [0.1, 0.15) is 45.1 Å². The molecule has 0 aromatic carbocycles. The fourth-order valence-electron chi connectivity index (χ4n) is 5.07. The third kappa shape index (κ3) is 6.42. The quantitative estimate of drug-likeness (QED) is 0.281. The van der Waals surface area contributed by atoms with Crippen molar-refractivity contribution in [3.63, 3.8) is 0 Å². The van der Waals surface area contributed by atoms with Crippen molar-refractivity contribution in [2.24, 2.45) is 0 Å². The van der Waals surface area contributed by atoms with Crippen LogP contribution in [0.3, 0.4) is 0 Å². The molecule has 0 amide bonds. The molecule has 5 heterocycles. The summed E-state index contributed by atoms with van der Waals surface area (Å²) in [5.74, 6) is 2.89. The van der Waals surface area contributed by atoms with E-state index in [4.69, 9.17) is 9.72 Å². The Morgan fingerprint density at radius 3 is 2.60 bits per heavy atom. The monoisotopic (exact) mass is 573 g/mol. The number of fused-ring (bicyclic) bond motifs is 1. The maximum Gasteiger partial charge on any atom is 0.264 e. The number of nitrogens with one attached hydrogen (secondary N) is 1. The molecule has 0 unspecified atom stereocenters. The first kappa shape index (κ1) is 28.4. The predicted octanol–water partition coefficient (Wildman–Crippen LogP) is 3.80. The van der Waals surface area contributed by atoms with Gasteiger partial charge in [-0.25, -0.2) is 19.3 Å². The molecule has 0 spiro atoms. The van der Waals surface area contributed by atoms with Gasteiger partial charge in [-0.2, -0.15) is 13.4 Å². The number of alkyl halides is 1. The molecule has 0 aliphatic carbocycles. The van der Waals surface area contributed by atoms with E-state index in [0.29, 0.717) is 42.5 Å². The second-order valence-corrected chi connectivity index (χ2v) is 12.3. The Hall–Kier alpha value is -3.16. The van der Waals surface area contributed by atoms with Crippen LogP contribution in [0.25, 0.3) is 10.8 Å². The highest BCUT2D eigenvalue weighted by atomic mass is 32.2. The predicted molar refractivity (Wildman–Crippen MR) is 153 cm³/mol. The Labute approximate surface area is 234 Å². The van der Waals surface area contributed by atoms with Gasteiger partial charge >= 0.3 is 0 Å². The summed E-state index contributed by atoms with van der Waals surface area (Å²) < 4.78 is 47.2. The maximum absolute atomic E-state index is 14.9. The Balaban J connectivity index is 1.27. The lowest BCUT2D eigenvalue weighted by Gasteiger charge is -2.40. The number of anilines is 4. The van der Waals surface area contributed by atoms with Crippen molar-refractivity contribution in [1.29, 1.82) is 0 Å². The summed E-state index contributed by atoms with van der Waals surface area (Å²) in [6.07, 6.45) is 6.10. The van der Waals surface area contributed by atoms with Gasteiger partial charge in [0, 0.05) is 43.1 Å². The van der Waals surface area contributed by atoms with Crippen LogP contribution in [-0.4, -0.2) is 85.8 Å². The fraction of sp³-hybridized carbons (Fsp3) is 0.556. The molecule has 0 radical (unpaired) electrons. The topological polar surface area (TPSA) is 123 Å². The molecule has 2 aliphatic heterocycles. The Morgan fingerprint density at radius 1 is 1.10 bits per heavy atom. The molecule has 2 aliphatic rings. The highest BCUT2D eigenvalue weighted by Crippen LogP contribution is 2.35. The largest absolute Gasteiger partial charge is 0.373 e. The lowest BCUT2D eigenvalue weighted by Crippen LogP contribution is -2.46. The highest BCUT2D eigenvalue weighted by Gasteiger charge is 2.31. The smallest absolute Gasteiger partial charge is 0.264 e. The highest BCUT2D eigenvalue weighted by molar-refractivity contribution is 7.85. The van der Waals surface area contributed by atoms with E-state index in [-0.39, 0.29) is 19.8 Å². The van der Waals surface area contributed by atoms with Crippen molar-refractivity contribution in [2.75, 3.05) is 54.2 Å². The van der Waals surface area contributed by atoms with Crippen LogP contribution in [0.15, 0.2) is 30.7 Å². The molecule has 5 rings (SSSR count). The average Bonchev–Trinajstić information content (AvgIpc) is 2.90. The summed E-state index contributed by atoms with van der Waals surface area (Å²) in [7, 11) is -3.55. The van der Waals surface area contributed by atoms with Gasteiger partial charge in [-0.15, -0.1) is 0 Å². The SMILES string of the molecule is CC(C)c1cnc(N2CC[C@H]2C)c2cnc(Nc3ccnc(N4CC[C@H](OCCOS(C)(=O)=O)[C@H](F)C4)n3)cc12. The number of nitrogens with zero attached hydrogens (tertiary/aromatic N) is 6. The van der Waals surface area contributed by atoms with E-state index < -0.39 is 22.4 Å². The first-order chi connectivity index (χ1) is 19.1. The van der Waals surface area contributed by atoms with E-state index in [1.807, 2.05) is 18.5 Å². The van der Waals surface area contributed by atoms with Crippen LogP contribution in [0.4, 0.5) is 27.8 Å². The van der Waals surface area contributed by atoms with Crippen molar-refractivity contribution in [1.82, 2.24) is 19.9 Å². The molecule has 2 saturated heterocycles. The minimum atomic E-state index is -3.55. The van der Waals surface area contributed by atoms with E-state index in [0.717, 1.165) is 41.4 Å². The van der Waals surface area contributed by atoms with E-state index in [2.05, 4.69) is 50.1 Å². The van der Waals surface area contributed by atoms with Gasteiger partial charge in [0.25, 0.3) is 10.1 Å². The van der Waals surface area contributed by atoms with Gasteiger partial charge in [0.05, 0.1) is 32.1 Å². The summed E-state index contributed by atoms with van der Waals surface area (Å²) in [5, 5.41) is 5.43. The van der Waals surface area contributed by atoms with E-state index in [1.54, 1.807) is 17.2 Å². The first-order valence-electron chi connectivity index (χ1n) is 13.6. The number of rotatable bonds is 10. The lowest BCUT2D eigenvalue weighted by atomic mass is 9.97. The van der Waals surface area contributed by atoms with Crippen LogP contribution in [0.2, 0.25) is 0 Å². The van der Waals surface area contributed by atoms with Gasteiger partial charge in [-0.1, -0.05) is 13.8 Å². The van der Waals surface area contributed by atoms with Gasteiger partial charge in [-0.3, -0.25) is 4.18 Å². The molecule has 3 atom stereocenters. The second kappa shape index (κ2) is 11.8. The van der Waals surface area contributed by atoms with Gasteiger partial charge < -0.3 is 19.9 Å². The normalized spacial score (nSPS) is 21.6. The number of hydrogen-bond acceptors (Lipinski definition) is 11. The summed E-state index contributed by atoms with van der Waals surface area (Å²) in [5.41, 5.74) is 1.16. The minimum Gasteiger partial charge on any atom is -0.373 e. The fourth-order valence-corrected chi connectivity index (χ4v) is 5.44. The van der Waals surface area contributed by atoms with Crippen molar-refractivity contribution in [2.45, 2.75) is 57.8 Å². The van der Waals surface area contributed by atoms with Crippen molar-refractivity contribution < 1.29 is 21.7 Å². The van der Waals surface area contributed by atoms with E-state index >= 15 is 0 Å². The van der Waals surface area contributed by atoms with Crippen LogP contribution in [0, 0.1) is 0 Å². The molecule has 40 heavy (non-hydrogen) atoms. The molecule has 3 aromatic rings. The van der Waals surface area contributed by atoms with Gasteiger partial charge in [0.1, 0.15) is 23.6 Å². The minimum absolute atomic E-state index is 0.0000436. The standard InChI is InChI=1S/C27H36FN7O4S/c1-17(2)20-14-31-26(35-10-6-18(35)3)21-15-30-25(13-19(20)21)32-24-5-8-29-27(33-24)34-9-7-23(22(28)16-34)38-11-12-39-40(4,36)37/h5,8,13-15,17-18,22-23H,6-7,9-12,16H2,1-4H3,(H,29,30,32,33)/t18-,22-,23+/m1/s1. The third-order valence-corrected chi connectivity index (χ3v) is 7.97. The summed E-state index contributed by atoms with van der Waals surface area (Å²) in [6, 6.07) is 4.26. The number of aromatic nitrogens is 4. The number of pyridine rings is 2. The zero-order chi connectivity index (χ0) is 28.4. The molecule has 1 N–H and O–H groups in total. The molecule has 13 heteroatoms. The first-order valence-corrected chi connectivity index (χ1v) is 15.4. The number of hydrogen-bond donors (Lipinski definition) is 1. The molecule has 0 saturated carbocycles. The van der Waals surface area contributed by atoms with Crippen molar-refractivity contribution in [3.8, 4) is 0 Å². The van der Waals surface area contributed by atoms with E-state index in [9.17, 15) is 12.8 Å². The molecule has 11 nitrogen and oxygen atoms in total. The summed E-state index contributed by atoms with van der Waals surface area (Å²) in [4.78, 5) is 22.5. The van der Waals surface area contributed by atoms with Crippen LogP contribution in [-0.2, 0) is 19.0 Å². The summed E-state index contributed by atoms with van der Waals surface area (Å²) >= 11 is 0. The van der Waals surface area contributed by atoms with Crippen molar-refractivity contribution in [3.05, 3.63) is 36.3 Å². The average molecular weight is 574 g/mol. The van der Waals surface area contributed by atoms with Crippen molar-refractivity contribution >= 4 is 44.3 Å². The van der Waals surface area contributed by atoms with Gasteiger partial charge in [-0.05, 0) is 48.8 Å². The third-order valence-electron chi connectivity index (χ3n) is 7.37. The molecule has 2 fully saturated rings. The Morgan fingerprint density at radius 2 is 1.93 bits per heavy atom. The molecule has 0 bridgehead atoms. The number of piperidine rings is 1. The molecular formula is C27H36FN7O4S. The molecular weight excluding hydrogens is 537 g/mol. The summed E-state index contributed by atoms with van der Waals surface area (Å²) in [6.45, 7) is 7.94. The van der Waals surface area contributed by atoms with Crippen LogP contribution < -0.4 is 15.1 Å². The van der Waals surface area contributed by atoms with E-state index in [1.165, 1.54) is 0 Å². The number of ether oxygens (including phenoxy) is 1. The van der Waals surface area contributed by atoms with Crippen LogP contribution in [0.5, 0.6) is 0 Å². The van der Waals surface area contributed by atoms with Crippen LogP contribution >= 0.6 is 0 Å². The molecule has 3 aromatic heterocycles. The number of halogens is 1. The van der Waals surface area contributed by atoms with Gasteiger partial charge in [0.15, 0.2) is 0 Å². The zero-order valence-corrected chi connectivity index (χ0v) is 24.1. The second-order valence-electron chi connectivity index (χ2n) is 10.7.